The maximum Gasteiger partial charge on any atom is 0.238 e. The molecule has 0 spiro atoms. The molecule has 0 fully saturated rings. The summed E-state index contributed by atoms with van der Waals surface area (Å²) < 4.78 is 23.7. The normalized spacial score (nSPS) is 11.3. The Hall–Kier alpha value is -1.36. The summed E-state index contributed by atoms with van der Waals surface area (Å²) >= 11 is 0. The van der Waals surface area contributed by atoms with Gasteiger partial charge in [-0.1, -0.05) is 24.6 Å². The highest BCUT2D eigenvalue weighted by molar-refractivity contribution is 7.91. The van der Waals surface area contributed by atoms with E-state index in [0.717, 1.165) is 0 Å². The summed E-state index contributed by atoms with van der Waals surface area (Å²) in [5.41, 5.74) is 6.71. The van der Waals surface area contributed by atoms with E-state index in [4.69, 9.17) is 5.73 Å². The average molecular weight is 254 g/mol. The third kappa shape index (κ3) is 4.99. The molecule has 0 bridgehead atoms. The third-order valence-electron chi connectivity index (χ3n) is 2.42. The van der Waals surface area contributed by atoms with Gasteiger partial charge >= 0.3 is 0 Å². The van der Waals surface area contributed by atoms with Crippen LogP contribution in [-0.4, -0.2) is 20.1 Å². The number of amides is 1. The van der Waals surface area contributed by atoms with Gasteiger partial charge in [0.05, 0.1) is 10.6 Å². The summed E-state index contributed by atoms with van der Waals surface area (Å²) in [5.74, 6) is -0.487. The first kappa shape index (κ1) is 13.7. The second-order valence-corrected chi connectivity index (χ2v) is 5.97. The molecule has 0 saturated carbocycles. The summed E-state index contributed by atoms with van der Waals surface area (Å²) in [6.07, 6.45) is 2.00. The number of hydrogen-bond acceptors (Lipinski definition) is 3. The fourth-order valence-corrected chi connectivity index (χ4v) is 2.89. The van der Waals surface area contributed by atoms with Crippen LogP contribution in [0.15, 0.2) is 35.2 Å². The van der Waals surface area contributed by atoms with Gasteiger partial charge in [0.25, 0.3) is 0 Å². The van der Waals surface area contributed by atoms with Crippen molar-refractivity contribution in [3.63, 3.8) is 0 Å². The summed E-state index contributed by atoms with van der Waals surface area (Å²) in [7, 11) is -3.19. The predicted octanol–water partition coefficient (Wildman–Crippen LogP) is 1.83. The zero-order valence-corrected chi connectivity index (χ0v) is 10.4. The maximum atomic E-state index is 11.8. The summed E-state index contributed by atoms with van der Waals surface area (Å²) in [6, 6.07) is 8.35. The number of unbranched alkanes of at least 4 members (excludes halogenated alkanes) is 2. The van der Waals surface area contributed by atoms with Crippen LogP contribution in [0, 0.1) is 0 Å². The number of nitrogens with one attached hydrogen (secondary N) is 1. The molecule has 0 saturated heterocycles. The molecule has 0 atom stereocenters. The van der Waals surface area contributed by atoms with E-state index < -0.39 is 15.7 Å². The molecule has 93 valence electrons. The van der Waals surface area contributed by atoms with E-state index in [1.54, 1.807) is 30.3 Å². The molecule has 5 heteroatoms. The number of sulfone groups is 1. The van der Waals surface area contributed by atoms with E-state index in [1.807, 2.05) is 0 Å². The smallest absolute Gasteiger partial charge is 0.238 e. The quantitative estimate of drug-likeness (QED) is 0.697. The Labute approximate surface area is 102 Å². The number of carbonyl (C=O) groups is 1. The van der Waals surface area contributed by atoms with E-state index in [2.05, 4.69) is 0 Å². The highest BCUT2D eigenvalue weighted by Crippen LogP contribution is 2.12. The summed E-state index contributed by atoms with van der Waals surface area (Å²) in [5, 5.41) is 0. The molecule has 1 aromatic rings. The van der Waals surface area contributed by atoms with Crippen LogP contribution in [0.3, 0.4) is 0 Å². The molecule has 0 heterocycles. The second-order valence-electron chi connectivity index (χ2n) is 3.87. The monoisotopic (exact) mass is 254 g/mol. The van der Waals surface area contributed by atoms with Crippen molar-refractivity contribution in [3.05, 3.63) is 30.3 Å². The van der Waals surface area contributed by atoms with Crippen molar-refractivity contribution >= 4 is 15.7 Å². The lowest BCUT2D eigenvalue weighted by Gasteiger charge is -2.03. The van der Waals surface area contributed by atoms with Gasteiger partial charge in [-0.2, -0.15) is 0 Å². The van der Waals surface area contributed by atoms with Crippen LogP contribution in [0.5, 0.6) is 0 Å². The van der Waals surface area contributed by atoms with Gasteiger partial charge in [0, 0.05) is 6.42 Å². The lowest BCUT2D eigenvalue weighted by molar-refractivity contribution is -0.118. The Morgan fingerprint density at radius 2 is 1.71 bits per heavy atom. The minimum absolute atomic E-state index is 0.100. The third-order valence-corrected chi connectivity index (χ3v) is 4.24. The van der Waals surface area contributed by atoms with Gasteiger partial charge in [-0.15, -0.1) is 0 Å². The molecule has 1 N–H and O–H groups in total. The van der Waals surface area contributed by atoms with E-state index in [1.165, 1.54) is 0 Å². The van der Waals surface area contributed by atoms with Crippen molar-refractivity contribution in [2.45, 2.75) is 30.6 Å². The number of carbonyl (C=O) groups excluding carboxylic acids is 1. The van der Waals surface area contributed by atoms with Gasteiger partial charge in [0.15, 0.2) is 9.84 Å². The second kappa shape index (κ2) is 6.39. The first-order valence-electron chi connectivity index (χ1n) is 5.54. The molecule has 4 nitrogen and oxygen atoms in total. The van der Waals surface area contributed by atoms with Crippen LogP contribution in [-0.2, 0) is 14.6 Å². The molecule has 0 unspecified atom stereocenters. The molecule has 1 rings (SSSR count). The first-order chi connectivity index (χ1) is 8.02. The molecule has 1 radical (unpaired) electrons. The number of benzene rings is 1. The average Bonchev–Trinajstić information content (AvgIpc) is 2.29. The van der Waals surface area contributed by atoms with Crippen LogP contribution >= 0.6 is 0 Å². The fourth-order valence-electron chi connectivity index (χ4n) is 1.50. The lowest BCUT2D eigenvalue weighted by Crippen LogP contribution is -2.07. The standard InChI is InChI=1S/C12H16NO3S/c13-12(14)9-5-2-6-10-17(15,16)11-7-3-1-4-8-11/h1,3-4,7-8,13H,2,5-6,9-10H2. The molecule has 0 aliphatic carbocycles. The van der Waals surface area contributed by atoms with Crippen LogP contribution in [0.1, 0.15) is 25.7 Å². The van der Waals surface area contributed by atoms with Gasteiger partial charge in [0.2, 0.25) is 5.91 Å². The van der Waals surface area contributed by atoms with Crippen LogP contribution in [0.2, 0.25) is 0 Å². The number of hydrogen-bond donors (Lipinski definition) is 0. The summed E-state index contributed by atoms with van der Waals surface area (Å²) in [6.45, 7) is 0. The molecule has 17 heavy (non-hydrogen) atoms. The lowest BCUT2D eigenvalue weighted by atomic mass is 10.2. The maximum absolute atomic E-state index is 11.8. The largest absolute Gasteiger partial charge is 0.273 e. The Bertz CT molecular complexity index is 454. The molecule has 1 aromatic carbocycles. The van der Waals surface area contributed by atoms with Gasteiger partial charge in [-0.3, -0.25) is 10.5 Å². The summed E-state index contributed by atoms with van der Waals surface area (Å²) in [4.78, 5) is 10.7. The molecular formula is C12H16NO3S. The van der Waals surface area contributed by atoms with E-state index in [-0.39, 0.29) is 12.2 Å². The Kier molecular flexibility index (Phi) is 5.15. The Morgan fingerprint density at radius 3 is 2.29 bits per heavy atom. The SMILES string of the molecule is [NH]C(=O)CCCCCS(=O)(=O)c1ccccc1. The predicted molar refractivity (Wildman–Crippen MR) is 65.1 cm³/mol. The van der Waals surface area contributed by atoms with Crippen molar-refractivity contribution in [2.24, 2.45) is 0 Å². The Morgan fingerprint density at radius 1 is 1.06 bits per heavy atom. The zero-order chi connectivity index (χ0) is 12.7. The van der Waals surface area contributed by atoms with Crippen LogP contribution < -0.4 is 5.73 Å². The molecule has 0 aliphatic rings. The fraction of sp³-hybridized carbons (Fsp3) is 0.417. The molecule has 0 aliphatic heterocycles. The van der Waals surface area contributed by atoms with Gasteiger partial charge in [-0.05, 0) is 25.0 Å². The molecule has 0 aromatic heterocycles. The van der Waals surface area contributed by atoms with Crippen molar-refractivity contribution in [2.75, 3.05) is 5.75 Å². The first-order valence-corrected chi connectivity index (χ1v) is 7.20. The van der Waals surface area contributed by atoms with E-state index in [9.17, 15) is 13.2 Å². The van der Waals surface area contributed by atoms with E-state index in [0.29, 0.717) is 24.2 Å². The van der Waals surface area contributed by atoms with Gasteiger partial charge < -0.3 is 0 Å². The van der Waals surface area contributed by atoms with Crippen molar-refractivity contribution in [3.8, 4) is 0 Å². The van der Waals surface area contributed by atoms with E-state index >= 15 is 0 Å². The van der Waals surface area contributed by atoms with Crippen LogP contribution in [0.4, 0.5) is 0 Å². The highest BCUT2D eigenvalue weighted by atomic mass is 32.2. The topological polar surface area (TPSA) is 75.0 Å². The van der Waals surface area contributed by atoms with Gasteiger partial charge in [-0.25, -0.2) is 8.42 Å². The van der Waals surface area contributed by atoms with Crippen molar-refractivity contribution < 1.29 is 13.2 Å². The zero-order valence-electron chi connectivity index (χ0n) is 9.56. The van der Waals surface area contributed by atoms with Crippen molar-refractivity contribution in [1.82, 2.24) is 5.73 Å². The van der Waals surface area contributed by atoms with Crippen molar-refractivity contribution in [1.29, 1.82) is 0 Å². The van der Waals surface area contributed by atoms with Crippen LogP contribution in [0.25, 0.3) is 0 Å². The highest BCUT2D eigenvalue weighted by Gasteiger charge is 2.12. The molecular weight excluding hydrogens is 238 g/mol. The molecule has 1 amide bonds. The minimum atomic E-state index is -3.19. The number of rotatable bonds is 7. The minimum Gasteiger partial charge on any atom is -0.273 e. The van der Waals surface area contributed by atoms with Gasteiger partial charge in [0.1, 0.15) is 0 Å². The Balaban J connectivity index is 2.39.